The molecule has 2 rings (SSSR count). The Morgan fingerprint density at radius 1 is 1.50 bits per heavy atom. The number of halogens is 1. The number of aromatic nitrogens is 1. The molecule has 0 unspecified atom stereocenters. The Morgan fingerprint density at radius 2 is 2.28 bits per heavy atom. The van der Waals surface area contributed by atoms with E-state index in [0.29, 0.717) is 21.4 Å². The lowest BCUT2D eigenvalue weighted by Crippen LogP contribution is -2.02. The summed E-state index contributed by atoms with van der Waals surface area (Å²) >= 11 is 6.88. The van der Waals surface area contributed by atoms with E-state index in [9.17, 15) is 4.79 Å². The number of aromatic amines is 1. The molecule has 88 valence electrons. The van der Waals surface area contributed by atoms with E-state index in [2.05, 4.69) is 14.5 Å². The first-order valence-corrected chi connectivity index (χ1v) is 5.90. The Hall–Kier alpha value is -2.28. The first-order valence-electron chi connectivity index (χ1n) is 4.70. The molecule has 0 aliphatic rings. The monoisotopic (exact) mass is 276 g/mol. The third-order valence-electron chi connectivity index (χ3n) is 2.08. The summed E-state index contributed by atoms with van der Waals surface area (Å²) in [5.74, 6) is 0. The zero-order chi connectivity index (χ0) is 13.1. The number of benzene rings is 1. The summed E-state index contributed by atoms with van der Waals surface area (Å²) in [6.07, 6.45) is 0. The van der Waals surface area contributed by atoms with Crippen LogP contribution in [-0.4, -0.2) is 4.37 Å². The van der Waals surface area contributed by atoms with Crippen LogP contribution in [0, 0.1) is 17.9 Å². The van der Waals surface area contributed by atoms with E-state index in [1.165, 1.54) is 6.07 Å². The summed E-state index contributed by atoms with van der Waals surface area (Å²) in [6.45, 7) is 6.93. The molecule has 7 heteroatoms. The zero-order valence-electron chi connectivity index (χ0n) is 8.82. The van der Waals surface area contributed by atoms with Crippen molar-refractivity contribution < 1.29 is 0 Å². The Labute approximate surface area is 111 Å². The molecule has 2 N–H and O–H groups in total. The summed E-state index contributed by atoms with van der Waals surface area (Å²) in [6, 6.07) is 6.55. The quantitative estimate of drug-likeness (QED) is 0.827. The standard InChI is InChI=1S/C11H5ClN4OS/c1-14-7-2-6(12)3-8(4-7)15-11-9(5-13)10(17)16-18-11/h2-4,15H,(H,16,17). The van der Waals surface area contributed by atoms with Crippen LogP contribution in [0.3, 0.4) is 0 Å². The molecular weight excluding hydrogens is 272 g/mol. The molecule has 1 aromatic heterocycles. The second kappa shape index (κ2) is 4.92. The van der Waals surface area contributed by atoms with E-state index < -0.39 is 5.56 Å². The minimum Gasteiger partial charge on any atom is -0.346 e. The van der Waals surface area contributed by atoms with E-state index in [-0.39, 0.29) is 5.56 Å². The van der Waals surface area contributed by atoms with E-state index in [1.54, 1.807) is 12.1 Å². The van der Waals surface area contributed by atoms with E-state index in [0.717, 1.165) is 11.5 Å². The lowest BCUT2D eigenvalue weighted by atomic mass is 10.2. The molecule has 5 nitrogen and oxygen atoms in total. The van der Waals surface area contributed by atoms with Crippen LogP contribution in [0.2, 0.25) is 5.02 Å². The predicted molar refractivity (Wildman–Crippen MR) is 70.7 cm³/mol. The van der Waals surface area contributed by atoms with E-state index in [1.807, 2.05) is 6.07 Å². The van der Waals surface area contributed by atoms with E-state index >= 15 is 0 Å². The van der Waals surface area contributed by atoms with Gasteiger partial charge in [0.25, 0.3) is 5.56 Å². The second-order valence-electron chi connectivity index (χ2n) is 3.28. The second-order valence-corrected chi connectivity index (χ2v) is 4.54. The van der Waals surface area contributed by atoms with Gasteiger partial charge in [-0.3, -0.25) is 9.17 Å². The number of H-pyrrole nitrogens is 1. The molecule has 18 heavy (non-hydrogen) atoms. The molecule has 0 aliphatic heterocycles. The first kappa shape index (κ1) is 12.2. The molecule has 1 heterocycles. The zero-order valence-corrected chi connectivity index (χ0v) is 10.4. The van der Waals surface area contributed by atoms with Gasteiger partial charge in [-0.1, -0.05) is 11.6 Å². The van der Waals surface area contributed by atoms with Gasteiger partial charge in [-0.25, -0.2) is 4.85 Å². The molecule has 0 spiro atoms. The van der Waals surface area contributed by atoms with Crippen LogP contribution in [0.4, 0.5) is 16.4 Å². The van der Waals surface area contributed by atoms with Gasteiger partial charge >= 0.3 is 0 Å². The van der Waals surface area contributed by atoms with Gasteiger partial charge in [0.2, 0.25) is 0 Å². The summed E-state index contributed by atoms with van der Waals surface area (Å²) in [5.41, 5.74) is 0.522. The van der Waals surface area contributed by atoms with Crippen LogP contribution in [0.5, 0.6) is 0 Å². The van der Waals surface area contributed by atoms with Crippen LogP contribution in [-0.2, 0) is 0 Å². The number of nitriles is 1. The van der Waals surface area contributed by atoms with Gasteiger partial charge in [0.15, 0.2) is 11.3 Å². The van der Waals surface area contributed by atoms with Crippen molar-refractivity contribution in [1.82, 2.24) is 4.37 Å². The normalized spacial score (nSPS) is 9.50. The molecule has 0 saturated carbocycles. The summed E-state index contributed by atoms with van der Waals surface area (Å²) in [5, 5.41) is 12.6. The maximum absolute atomic E-state index is 11.3. The molecule has 0 fully saturated rings. The van der Waals surface area contributed by atoms with Crippen LogP contribution in [0.15, 0.2) is 23.0 Å². The molecule has 0 saturated heterocycles. The highest BCUT2D eigenvalue weighted by molar-refractivity contribution is 7.10. The van der Waals surface area contributed by atoms with Crippen molar-refractivity contribution in [1.29, 1.82) is 5.26 Å². The average Bonchev–Trinajstić information content (AvgIpc) is 2.69. The van der Waals surface area contributed by atoms with Crippen LogP contribution in [0.1, 0.15) is 5.56 Å². The molecular formula is C11H5ClN4OS. The Balaban J connectivity index is 2.41. The summed E-state index contributed by atoms with van der Waals surface area (Å²) < 4.78 is 2.46. The van der Waals surface area contributed by atoms with Crippen molar-refractivity contribution in [2.75, 3.05) is 5.32 Å². The highest BCUT2D eigenvalue weighted by atomic mass is 35.5. The number of nitrogens with zero attached hydrogens (tertiary/aromatic N) is 2. The van der Waals surface area contributed by atoms with Crippen molar-refractivity contribution in [3.05, 3.63) is 50.6 Å². The Bertz CT molecular complexity index is 735. The van der Waals surface area contributed by atoms with E-state index in [4.69, 9.17) is 23.4 Å². The fraction of sp³-hybridized carbons (Fsp3) is 0. The maximum atomic E-state index is 11.3. The van der Waals surface area contributed by atoms with Gasteiger partial charge < -0.3 is 5.32 Å². The lowest BCUT2D eigenvalue weighted by Gasteiger charge is -2.04. The first-order chi connectivity index (χ1) is 8.63. The highest BCUT2D eigenvalue weighted by Gasteiger charge is 2.10. The van der Waals surface area contributed by atoms with Crippen molar-refractivity contribution in [3.8, 4) is 6.07 Å². The number of hydrogen-bond donors (Lipinski definition) is 2. The van der Waals surface area contributed by atoms with Gasteiger partial charge in [0.1, 0.15) is 11.1 Å². The Morgan fingerprint density at radius 3 is 2.94 bits per heavy atom. The predicted octanol–water partition coefficient (Wildman–Crippen LogP) is 3.26. The topological polar surface area (TPSA) is 73.0 Å². The lowest BCUT2D eigenvalue weighted by molar-refractivity contribution is 1.38. The average molecular weight is 277 g/mol. The summed E-state index contributed by atoms with van der Waals surface area (Å²) in [7, 11) is 0. The maximum Gasteiger partial charge on any atom is 0.278 e. The highest BCUT2D eigenvalue weighted by Crippen LogP contribution is 2.28. The molecule has 1 aromatic carbocycles. The molecule has 0 aliphatic carbocycles. The minimum absolute atomic E-state index is 0.0179. The number of rotatable bonds is 2. The van der Waals surface area contributed by atoms with Crippen LogP contribution in [0.25, 0.3) is 4.85 Å². The smallest absolute Gasteiger partial charge is 0.278 e. The fourth-order valence-corrected chi connectivity index (χ4v) is 2.27. The van der Waals surface area contributed by atoms with Crippen molar-refractivity contribution in [2.45, 2.75) is 0 Å². The summed E-state index contributed by atoms with van der Waals surface area (Å²) in [4.78, 5) is 14.5. The fourth-order valence-electron chi connectivity index (χ4n) is 1.33. The van der Waals surface area contributed by atoms with Gasteiger partial charge in [0.05, 0.1) is 6.57 Å². The van der Waals surface area contributed by atoms with Crippen molar-refractivity contribution >= 4 is 39.5 Å². The molecule has 2 aromatic rings. The largest absolute Gasteiger partial charge is 0.346 e. The molecule has 0 bridgehead atoms. The number of anilines is 2. The minimum atomic E-state index is -0.433. The molecule has 0 radical (unpaired) electrons. The van der Waals surface area contributed by atoms with Crippen molar-refractivity contribution in [3.63, 3.8) is 0 Å². The SMILES string of the molecule is [C-]#[N+]c1cc(Cl)cc(Nc2s[nH]c(=O)c2C#N)c1. The number of nitrogens with one attached hydrogen (secondary N) is 2. The van der Waals surface area contributed by atoms with Crippen LogP contribution < -0.4 is 10.9 Å². The molecule has 0 amide bonds. The van der Waals surface area contributed by atoms with Crippen molar-refractivity contribution in [2.24, 2.45) is 0 Å². The number of hydrogen-bond acceptors (Lipinski definition) is 4. The molecule has 0 atom stereocenters. The van der Waals surface area contributed by atoms with Gasteiger partial charge in [-0.2, -0.15) is 5.26 Å². The van der Waals surface area contributed by atoms with Gasteiger partial charge in [0, 0.05) is 10.7 Å². The van der Waals surface area contributed by atoms with Crippen LogP contribution >= 0.6 is 23.1 Å². The third-order valence-corrected chi connectivity index (χ3v) is 3.10. The Kier molecular flexibility index (Phi) is 3.33. The van der Waals surface area contributed by atoms with Gasteiger partial charge in [-0.05, 0) is 29.7 Å². The third kappa shape index (κ3) is 2.35. The van der Waals surface area contributed by atoms with Gasteiger partial charge in [-0.15, -0.1) is 0 Å².